The van der Waals surface area contributed by atoms with Crippen LogP contribution in [0.2, 0.25) is 0 Å². The Morgan fingerprint density at radius 1 is 1.12 bits per heavy atom. The molecule has 0 aliphatic carbocycles. The van der Waals surface area contributed by atoms with Gasteiger partial charge >= 0.3 is 5.97 Å². The SMILES string of the molecule is COc1ccccc1C(=O)OCc1csc(-c2ccc(C)cc2)n1. The van der Waals surface area contributed by atoms with Gasteiger partial charge in [-0.15, -0.1) is 11.3 Å². The van der Waals surface area contributed by atoms with Crippen LogP contribution < -0.4 is 4.74 Å². The van der Waals surface area contributed by atoms with E-state index in [1.54, 1.807) is 18.2 Å². The fraction of sp³-hybridized carbons (Fsp3) is 0.158. The van der Waals surface area contributed by atoms with Crippen molar-refractivity contribution in [3.63, 3.8) is 0 Å². The summed E-state index contributed by atoms with van der Waals surface area (Å²) in [7, 11) is 1.53. The highest BCUT2D eigenvalue weighted by atomic mass is 32.1. The first-order valence-electron chi connectivity index (χ1n) is 7.49. The molecule has 2 aromatic carbocycles. The predicted molar refractivity (Wildman–Crippen MR) is 94.4 cm³/mol. The smallest absolute Gasteiger partial charge is 0.342 e. The van der Waals surface area contributed by atoms with Crippen molar-refractivity contribution in [2.45, 2.75) is 13.5 Å². The molecule has 122 valence electrons. The van der Waals surface area contributed by atoms with E-state index in [2.05, 4.69) is 17.1 Å². The topological polar surface area (TPSA) is 48.4 Å². The monoisotopic (exact) mass is 339 g/mol. The molecule has 0 fully saturated rings. The van der Waals surface area contributed by atoms with Crippen LogP contribution in [0.3, 0.4) is 0 Å². The second-order valence-electron chi connectivity index (χ2n) is 5.29. The first-order chi connectivity index (χ1) is 11.7. The number of nitrogens with zero attached hydrogens (tertiary/aromatic N) is 1. The lowest BCUT2D eigenvalue weighted by atomic mass is 10.2. The minimum absolute atomic E-state index is 0.138. The fourth-order valence-electron chi connectivity index (χ4n) is 2.23. The molecule has 24 heavy (non-hydrogen) atoms. The number of hydrogen-bond donors (Lipinski definition) is 0. The molecule has 3 rings (SSSR count). The molecule has 4 nitrogen and oxygen atoms in total. The van der Waals surface area contributed by atoms with Crippen LogP contribution in [0, 0.1) is 6.92 Å². The zero-order valence-corrected chi connectivity index (χ0v) is 14.3. The van der Waals surface area contributed by atoms with Crippen molar-refractivity contribution in [3.8, 4) is 16.3 Å². The Bertz CT molecular complexity index is 840. The van der Waals surface area contributed by atoms with Gasteiger partial charge in [0, 0.05) is 10.9 Å². The third-order valence-electron chi connectivity index (χ3n) is 3.53. The molecule has 0 aliphatic rings. The highest BCUT2D eigenvalue weighted by Gasteiger charge is 2.14. The third-order valence-corrected chi connectivity index (χ3v) is 4.47. The Labute approximate surface area is 144 Å². The van der Waals surface area contributed by atoms with Gasteiger partial charge in [0.15, 0.2) is 0 Å². The Kier molecular flexibility index (Phi) is 4.91. The number of esters is 1. The highest BCUT2D eigenvalue weighted by Crippen LogP contribution is 2.25. The van der Waals surface area contributed by atoms with E-state index < -0.39 is 5.97 Å². The minimum atomic E-state index is -0.419. The average molecular weight is 339 g/mol. The third kappa shape index (κ3) is 3.63. The van der Waals surface area contributed by atoms with E-state index >= 15 is 0 Å². The average Bonchev–Trinajstić information content (AvgIpc) is 3.09. The van der Waals surface area contributed by atoms with E-state index in [1.165, 1.54) is 24.0 Å². The Morgan fingerprint density at radius 2 is 1.88 bits per heavy atom. The van der Waals surface area contributed by atoms with Gasteiger partial charge in [-0.1, -0.05) is 42.0 Å². The van der Waals surface area contributed by atoms with E-state index in [-0.39, 0.29) is 6.61 Å². The standard InChI is InChI=1S/C19H17NO3S/c1-13-7-9-14(10-8-13)18-20-15(12-24-18)11-23-19(21)16-5-3-4-6-17(16)22-2/h3-10,12H,11H2,1-2H3. The molecule has 0 saturated heterocycles. The first kappa shape index (κ1) is 16.2. The van der Waals surface area contributed by atoms with Gasteiger partial charge in [0.2, 0.25) is 0 Å². The summed E-state index contributed by atoms with van der Waals surface area (Å²) < 4.78 is 10.5. The summed E-state index contributed by atoms with van der Waals surface area (Å²) in [5.41, 5.74) is 3.42. The summed E-state index contributed by atoms with van der Waals surface area (Å²) in [5, 5.41) is 2.82. The number of aryl methyl sites for hydroxylation is 1. The van der Waals surface area contributed by atoms with Crippen LogP contribution in [0.5, 0.6) is 5.75 Å². The molecule has 0 N–H and O–H groups in total. The van der Waals surface area contributed by atoms with Gasteiger partial charge in [-0.3, -0.25) is 0 Å². The summed E-state index contributed by atoms with van der Waals surface area (Å²) in [6, 6.07) is 15.2. The van der Waals surface area contributed by atoms with E-state index in [1.807, 2.05) is 30.5 Å². The van der Waals surface area contributed by atoms with E-state index in [0.29, 0.717) is 11.3 Å². The van der Waals surface area contributed by atoms with Gasteiger partial charge in [0.05, 0.1) is 12.8 Å². The van der Waals surface area contributed by atoms with Gasteiger partial charge in [-0.2, -0.15) is 0 Å². The number of carbonyl (C=O) groups is 1. The van der Waals surface area contributed by atoms with E-state index in [4.69, 9.17) is 9.47 Å². The molecule has 5 heteroatoms. The lowest BCUT2D eigenvalue weighted by molar-refractivity contribution is 0.0465. The molecule has 0 atom stereocenters. The maximum absolute atomic E-state index is 12.2. The van der Waals surface area contributed by atoms with Crippen molar-refractivity contribution in [1.82, 2.24) is 4.98 Å². The molecule has 1 aromatic heterocycles. The van der Waals surface area contributed by atoms with Gasteiger partial charge in [0.1, 0.15) is 22.9 Å². The Morgan fingerprint density at radius 3 is 2.62 bits per heavy atom. The van der Waals surface area contributed by atoms with Crippen LogP contribution >= 0.6 is 11.3 Å². The lowest BCUT2D eigenvalue weighted by Gasteiger charge is -2.07. The van der Waals surface area contributed by atoms with Crippen molar-refractivity contribution >= 4 is 17.3 Å². The molecule has 0 saturated carbocycles. The molecule has 0 amide bonds. The lowest BCUT2D eigenvalue weighted by Crippen LogP contribution is -2.07. The van der Waals surface area contributed by atoms with Crippen molar-refractivity contribution < 1.29 is 14.3 Å². The summed E-state index contributed by atoms with van der Waals surface area (Å²) in [5.74, 6) is 0.0819. The molecule has 0 bridgehead atoms. The summed E-state index contributed by atoms with van der Waals surface area (Å²) in [6.07, 6.45) is 0. The number of thiazole rings is 1. The summed E-state index contributed by atoms with van der Waals surface area (Å²) in [4.78, 5) is 16.7. The van der Waals surface area contributed by atoms with Crippen LogP contribution in [0.15, 0.2) is 53.9 Å². The highest BCUT2D eigenvalue weighted by molar-refractivity contribution is 7.13. The fourth-order valence-corrected chi connectivity index (χ4v) is 3.04. The van der Waals surface area contributed by atoms with E-state index in [9.17, 15) is 4.79 Å². The molecular weight excluding hydrogens is 322 g/mol. The number of hydrogen-bond acceptors (Lipinski definition) is 5. The normalized spacial score (nSPS) is 10.4. The first-order valence-corrected chi connectivity index (χ1v) is 8.37. The van der Waals surface area contributed by atoms with Crippen molar-refractivity contribution in [3.05, 3.63) is 70.7 Å². The molecule has 0 unspecified atom stereocenters. The van der Waals surface area contributed by atoms with Crippen LogP contribution in [0.4, 0.5) is 0 Å². The molecule has 0 radical (unpaired) electrons. The van der Waals surface area contributed by atoms with Crippen molar-refractivity contribution in [1.29, 1.82) is 0 Å². The molecule has 1 heterocycles. The van der Waals surface area contributed by atoms with E-state index in [0.717, 1.165) is 16.3 Å². The molecular formula is C19H17NO3S. The number of aromatic nitrogens is 1. The van der Waals surface area contributed by atoms with Gasteiger partial charge in [-0.05, 0) is 19.1 Å². The minimum Gasteiger partial charge on any atom is -0.496 e. The largest absolute Gasteiger partial charge is 0.496 e. The van der Waals surface area contributed by atoms with Crippen LogP contribution in [0.25, 0.3) is 10.6 Å². The Hall–Kier alpha value is -2.66. The number of rotatable bonds is 5. The summed E-state index contributed by atoms with van der Waals surface area (Å²) >= 11 is 1.54. The maximum Gasteiger partial charge on any atom is 0.342 e. The number of carbonyl (C=O) groups excluding carboxylic acids is 1. The second-order valence-corrected chi connectivity index (χ2v) is 6.14. The molecule has 3 aromatic rings. The Balaban J connectivity index is 1.67. The van der Waals surface area contributed by atoms with Crippen LogP contribution in [-0.2, 0) is 11.3 Å². The van der Waals surface area contributed by atoms with Crippen LogP contribution in [-0.4, -0.2) is 18.1 Å². The van der Waals surface area contributed by atoms with Crippen LogP contribution in [0.1, 0.15) is 21.6 Å². The van der Waals surface area contributed by atoms with Crippen molar-refractivity contribution in [2.24, 2.45) is 0 Å². The number of benzene rings is 2. The molecule has 0 spiro atoms. The van der Waals surface area contributed by atoms with Gasteiger partial charge in [-0.25, -0.2) is 9.78 Å². The quantitative estimate of drug-likeness (QED) is 0.643. The number of ether oxygens (including phenoxy) is 2. The molecule has 0 aliphatic heterocycles. The number of para-hydroxylation sites is 1. The zero-order valence-electron chi connectivity index (χ0n) is 13.5. The van der Waals surface area contributed by atoms with Gasteiger partial charge in [0.25, 0.3) is 0 Å². The summed E-state index contributed by atoms with van der Waals surface area (Å²) in [6.45, 7) is 2.19. The zero-order chi connectivity index (χ0) is 16.9. The van der Waals surface area contributed by atoms with Gasteiger partial charge < -0.3 is 9.47 Å². The predicted octanol–water partition coefficient (Wildman–Crippen LogP) is 4.48. The second kappa shape index (κ2) is 7.27. The maximum atomic E-state index is 12.2. The number of methoxy groups -OCH3 is 1. The van der Waals surface area contributed by atoms with Crippen molar-refractivity contribution in [2.75, 3.05) is 7.11 Å².